The van der Waals surface area contributed by atoms with Crippen molar-refractivity contribution < 1.29 is 54.6 Å². The summed E-state index contributed by atoms with van der Waals surface area (Å²) in [4.78, 5) is 55.8. The van der Waals surface area contributed by atoms with Crippen molar-refractivity contribution >= 4 is 34.9 Å². The fourth-order valence-electron chi connectivity index (χ4n) is 7.00. The largest absolute Gasteiger partial charge is 0.509 e. The van der Waals surface area contributed by atoms with E-state index in [0.717, 1.165) is 6.92 Å². The summed E-state index contributed by atoms with van der Waals surface area (Å²) in [5.74, 6) is -10.1. The normalized spacial score (nSPS) is 28.6. The van der Waals surface area contributed by atoms with E-state index in [-0.39, 0.29) is 29.7 Å². The maximum Gasteiger partial charge on any atom is 0.303 e. The number of phenolic OH excluding ortho intramolecular Hbond substituents is 1. The molecular weight excluding hydrogens is 554 g/mol. The minimum absolute atomic E-state index is 0.0284. The monoisotopic (exact) mass is 589 g/mol. The number of ether oxygens (including phenoxy) is 1. The number of anilines is 1. The van der Waals surface area contributed by atoms with E-state index in [9.17, 15) is 49.8 Å². The molecule has 42 heavy (non-hydrogen) atoms. The molecule has 14 heteroatoms. The maximum absolute atomic E-state index is 14.3. The zero-order chi connectivity index (χ0) is 31.6. The van der Waals surface area contributed by atoms with Crippen LogP contribution in [0.5, 0.6) is 5.75 Å². The number of likely N-dealkylation sites (N-methyl/N-ethyl adjacent to an activating group) is 1. The van der Waals surface area contributed by atoms with Crippen LogP contribution in [0.15, 0.2) is 29.0 Å². The molecule has 8 N–H and O–H groups in total. The van der Waals surface area contributed by atoms with Crippen molar-refractivity contribution in [3.63, 3.8) is 0 Å². The van der Waals surface area contributed by atoms with Crippen LogP contribution in [0.4, 0.5) is 5.69 Å². The summed E-state index contributed by atoms with van der Waals surface area (Å²) in [6, 6.07) is 2.94. The number of amides is 1. The molecule has 0 spiro atoms. The lowest BCUT2D eigenvalue weighted by molar-refractivity contribution is -0.198. The highest BCUT2D eigenvalue weighted by atomic mass is 16.6. The highest BCUT2D eigenvalue weighted by Gasteiger charge is 2.73. The molecule has 1 aromatic carbocycles. The minimum Gasteiger partial charge on any atom is -0.509 e. The number of hydrogen-bond donors (Lipinski definition) is 7. The molecule has 0 heterocycles. The molecule has 2 unspecified atom stereocenters. The predicted molar refractivity (Wildman–Crippen MR) is 146 cm³/mol. The summed E-state index contributed by atoms with van der Waals surface area (Å²) in [5.41, 5.74) is -0.624. The minimum atomic E-state index is -3.17. The van der Waals surface area contributed by atoms with Crippen molar-refractivity contribution in [2.45, 2.75) is 43.1 Å². The summed E-state index contributed by atoms with van der Waals surface area (Å²) in [6.07, 6.45) is -4.17. The number of ketones is 2. The summed E-state index contributed by atoms with van der Waals surface area (Å²) in [5, 5.41) is 66.5. The molecule has 0 radical (unpaired) electrons. The number of aromatic hydroxyl groups is 1. The van der Waals surface area contributed by atoms with Crippen LogP contribution in [0.2, 0.25) is 0 Å². The second-order valence-electron chi connectivity index (χ2n) is 11.3. The number of nitrogens with zero attached hydrogens (tertiary/aromatic N) is 2. The van der Waals surface area contributed by atoms with Crippen LogP contribution >= 0.6 is 0 Å². The van der Waals surface area contributed by atoms with Gasteiger partial charge in [-0.2, -0.15) is 0 Å². The quantitative estimate of drug-likeness (QED) is 0.111. The van der Waals surface area contributed by atoms with Gasteiger partial charge in [-0.25, -0.2) is 0 Å². The Labute approximate surface area is 240 Å². The van der Waals surface area contributed by atoms with Crippen LogP contribution in [-0.4, -0.2) is 117 Å². The number of benzene rings is 1. The lowest BCUT2D eigenvalue weighted by Crippen LogP contribution is -2.77. The third-order valence-corrected chi connectivity index (χ3v) is 8.68. The van der Waals surface area contributed by atoms with Gasteiger partial charge in [-0.3, -0.25) is 24.1 Å². The number of aliphatic hydroxyl groups is 5. The first-order valence-electron chi connectivity index (χ1n) is 13.1. The highest BCUT2D eigenvalue weighted by molar-refractivity contribution is 6.33. The van der Waals surface area contributed by atoms with Gasteiger partial charge in [-0.1, -0.05) is 0 Å². The van der Waals surface area contributed by atoms with Gasteiger partial charge in [0.1, 0.15) is 34.5 Å². The van der Waals surface area contributed by atoms with Gasteiger partial charge in [0.25, 0.3) is 5.91 Å². The SMILES string of the molecule is CC(=O)OC(C(O)CO)[C@]1(N(C)C)C(O)=C(C(N)=O)C(=O)[C@@]2(O)C(=O)C3=C(O)c4c(O)ccc(N(C)C)c4C[C@H]3C[C@H]21. The number of hydrogen-bond acceptors (Lipinski definition) is 13. The average molecular weight is 590 g/mol. The Morgan fingerprint density at radius 3 is 2.24 bits per heavy atom. The summed E-state index contributed by atoms with van der Waals surface area (Å²) >= 11 is 0. The first-order chi connectivity index (χ1) is 19.5. The van der Waals surface area contributed by atoms with Crippen molar-refractivity contribution in [2.24, 2.45) is 17.6 Å². The van der Waals surface area contributed by atoms with Crippen molar-refractivity contribution in [1.82, 2.24) is 4.90 Å². The molecule has 3 aliphatic carbocycles. The average Bonchev–Trinajstić information content (AvgIpc) is 2.89. The molecule has 1 fully saturated rings. The van der Waals surface area contributed by atoms with Crippen LogP contribution < -0.4 is 10.6 Å². The predicted octanol–water partition coefficient (Wildman–Crippen LogP) is -1.31. The third kappa shape index (κ3) is 4.01. The molecule has 0 aliphatic heterocycles. The zero-order valence-corrected chi connectivity index (χ0v) is 23.8. The van der Waals surface area contributed by atoms with Crippen LogP contribution in [0.25, 0.3) is 5.76 Å². The van der Waals surface area contributed by atoms with Gasteiger partial charge in [0, 0.05) is 38.2 Å². The number of Topliss-reactive ketones (excluding diaryl/α,β-unsaturated/α-hetero) is 2. The van der Waals surface area contributed by atoms with E-state index in [1.165, 1.54) is 25.1 Å². The van der Waals surface area contributed by atoms with E-state index in [2.05, 4.69) is 0 Å². The van der Waals surface area contributed by atoms with Gasteiger partial charge in [0.05, 0.1) is 12.2 Å². The molecule has 0 bridgehead atoms. The standard InChI is InChI=1S/C28H35N3O11/c1-11(33)42-25(16(35)10-32)27(31(4)5)17-9-12-8-13-14(30(2)3)6-7-15(34)19(13)21(36)18(12)23(38)28(17,41)24(39)20(22(27)37)26(29)40/h6-7,12,16-17,25,32,34-37,41H,8-10H2,1-5H3,(H2,29,40)/t12-,16?,17-,25?,27+,28-/m0/s1. The number of phenols is 1. The first-order valence-corrected chi connectivity index (χ1v) is 13.1. The number of nitrogens with two attached hydrogens (primary N) is 1. The Bertz CT molecular complexity index is 1450. The summed E-state index contributed by atoms with van der Waals surface area (Å²) < 4.78 is 5.38. The number of rotatable bonds is 7. The van der Waals surface area contributed by atoms with Gasteiger partial charge >= 0.3 is 5.97 Å². The molecule has 3 aliphatic rings. The number of carbonyl (C=O) groups excluding carboxylic acids is 4. The van der Waals surface area contributed by atoms with E-state index in [0.29, 0.717) is 11.3 Å². The summed E-state index contributed by atoms with van der Waals surface area (Å²) in [6.45, 7) is -0.0391. The third-order valence-electron chi connectivity index (χ3n) is 8.68. The van der Waals surface area contributed by atoms with E-state index >= 15 is 0 Å². The number of aliphatic hydroxyl groups excluding tert-OH is 4. The van der Waals surface area contributed by atoms with Crippen molar-refractivity contribution in [3.05, 3.63) is 40.2 Å². The first kappa shape index (κ1) is 31.0. The molecule has 1 aromatic rings. The molecule has 4 rings (SSSR count). The Balaban J connectivity index is 2.11. The Morgan fingerprint density at radius 2 is 1.74 bits per heavy atom. The fraction of sp³-hybridized carbons (Fsp3) is 0.500. The van der Waals surface area contributed by atoms with Gasteiger partial charge in [0.15, 0.2) is 11.7 Å². The second kappa shape index (κ2) is 10.4. The number of primary amides is 1. The van der Waals surface area contributed by atoms with E-state index in [4.69, 9.17) is 10.5 Å². The van der Waals surface area contributed by atoms with Crippen molar-refractivity contribution in [2.75, 3.05) is 39.7 Å². The smallest absolute Gasteiger partial charge is 0.303 e. The molecular formula is C28H35N3O11. The van der Waals surface area contributed by atoms with Crippen molar-refractivity contribution in [3.8, 4) is 5.75 Å². The molecule has 6 atom stereocenters. The molecule has 14 nitrogen and oxygen atoms in total. The Kier molecular flexibility index (Phi) is 7.65. The topological polar surface area (TPSA) is 231 Å². The number of carbonyl (C=O) groups is 4. The Hall–Kier alpha value is -3.98. The van der Waals surface area contributed by atoms with Gasteiger partial charge < -0.3 is 46.0 Å². The Morgan fingerprint density at radius 1 is 1.12 bits per heavy atom. The van der Waals surface area contributed by atoms with E-state index in [1.54, 1.807) is 25.1 Å². The highest BCUT2D eigenvalue weighted by Crippen LogP contribution is 2.57. The number of fused-ring (bicyclic) bond motifs is 3. The van der Waals surface area contributed by atoms with E-state index < -0.39 is 82.3 Å². The van der Waals surface area contributed by atoms with Crippen molar-refractivity contribution in [1.29, 1.82) is 0 Å². The fourth-order valence-corrected chi connectivity index (χ4v) is 7.00. The van der Waals surface area contributed by atoms with Gasteiger partial charge in [-0.15, -0.1) is 0 Å². The molecule has 1 saturated carbocycles. The zero-order valence-electron chi connectivity index (χ0n) is 23.8. The van der Waals surface area contributed by atoms with Crippen LogP contribution in [0, 0.1) is 11.8 Å². The lowest BCUT2D eigenvalue weighted by atomic mass is 9.51. The van der Waals surface area contributed by atoms with E-state index in [1.807, 2.05) is 0 Å². The van der Waals surface area contributed by atoms with Gasteiger partial charge in [-0.05, 0) is 50.6 Å². The summed E-state index contributed by atoms with van der Waals surface area (Å²) in [7, 11) is 6.13. The second-order valence-corrected chi connectivity index (χ2v) is 11.3. The van der Waals surface area contributed by atoms with Crippen LogP contribution in [0.1, 0.15) is 24.5 Å². The molecule has 0 saturated heterocycles. The maximum atomic E-state index is 14.3. The number of esters is 1. The van der Waals surface area contributed by atoms with Crippen LogP contribution in [-0.2, 0) is 30.3 Å². The van der Waals surface area contributed by atoms with Crippen LogP contribution in [0.3, 0.4) is 0 Å². The lowest BCUT2D eigenvalue weighted by Gasteiger charge is -2.58. The molecule has 228 valence electrons. The molecule has 1 amide bonds. The van der Waals surface area contributed by atoms with Gasteiger partial charge in [0.2, 0.25) is 11.6 Å². The molecule has 0 aromatic heterocycles.